The van der Waals surface area contributed by atoms with Crippen molar-refractivity contribution in [2.45, 2.75) is 45.6 Å². The van der Waals surface area contributed by atoms with Crippen LogP contribution in [0.3, 0.4) is 0 Å². The van der Waals surface area contributed by atoms with Crippen molar-refractivity contribution in [1.29, 1.82) is 0 Å². The van der Waals surface area contributed by atoms with Gasteiger partial charge in [0.25, 0.3) is 0 Å². The largest absolute Gasteiger partial charge is 0.338 e. The second-order valence-electron chi connectivity index (χ2n) is 5.41. The van der Waals surface area contributed by atoms with Gasteiger partial charge in [-0.1, -0.05) is 6.42 Å². The van der Waals surface area contributed by atoms with Crippen molar-refractivity contribution in [3.05, 3.63) is 11.1 Å². The minimum Gasteiger partial charge on any atom is -0.338 e. The highest BCUT2D eigenvalue weighted by Gasteiger charge is 2.17. The van der Waals surface area contributed by atoms with Crippen molar-refractivity contribution >= 4 is 22.5 Å². The first-order valence-electron chi connectivity index (χ1n) is 7.36. The number of aromatic nitrogens is 1. The van der Waals surface area contributed by atoms with Crippen LogP contribution in [0.1, 0.15) is 38.3 Å². The average Bonchev–Trinajstić information content (AvgIpc) is 2.82. The Bertz CT molecular complexity index is 435. The molecule has 1 aromatic rings. The third-order valence-electron chi connectivity index (χ3n) is 3.69. The standard InChI is InChI=1S/C14H24N4OS/c1-11-10-20-14(16-11)17-13(19)15-7-5-9-18-8-4-3-6-12(18)2/h10,12H,3-9H2,1-2H3,(H2,15,16,17,19). The molecule has 0 spiro atoms. The van der Waals surface area contributed by atoms with Crippen molar-refractivity contribution < 1.29 is 4.79 Å². The molecule has 2 rings (SSSR count). The lowest BCUT2D eigenvalue weighted by Gasteiger charge is -2.33. The third-order valence-corrected chi connectivity index (χ3v) is 4.56. The Morgan fingerprint density at radius 2 is 2.40 bits per heavy atom. The minimum atomic E-state index is -0.161. The molecular weight excluding hydrogens is 272 g/mol. The van der Waals surface area contributed by atoms with Crippen LogP contribution < -0.4 is 10.6 Å². The highest BCUT2D eigenvalue weighted by Crippen LogP contribution is 2.16. The van der Waals surface area contributed by atoms with E-state index in [1.54, 1.807) is 0 Å². The van der Waals surface area contributed by atoms with E-state index in [-0.39, 0.29) is 6.03 Å². The van der Waals surface area contributed by atoms with Crippen LogP contribution in [0.15, 0.2) is 5.38 Å². The number of thiazole rings is 1. The molecule has 0 saturated carbocycles. The van der Waals surface area contributed by atoms with Gasteiger partial charge in [-0.15, -0.1) is 11.3 Å². The zero-order valence-electron chi connectivity index (χ0n) is 12.3. The highest BCUT2D eigenvalue weighted by molar-refractivity contribution is 7.13. The molecule has 1 atom stereocenters. The Labute approximate surface area is 124 Å². The maximum Gasteiger partial charge on any atom is 0.321 e. The molecule has 1 fully saturated rings. The molecule has 5 nitrogen and oxygen atoms in total. The quantitative estimate of drug-likeness (QED) is 0.822. The van der Waals surface area contributed by atoms with Gasteiger partial charge in [-0.2, -0.15) is 0 Å². The first kappa shape index (κ1) is 15.3. The fraction of sp³-hybridized carbons (Fsp3) is 0.714. The van der Waals surface area contributed by atoms with Crippen LogP contribution in [0.25, 0.3) is 0 Å². The molecule has 1 saturated heterocycles. The summed E-state index contributed by atoms with van der Waals surface area (Å²) in [4.78, 5) is 18.4. The number of urea groups is 1. The van der Waals surface area contributed by atoms with Crippen LogP contribution in [0.4, 0.5) is 9.93 Å². The van der Waals surface area contributed by atoms with E-state index >= 15 is 0 Å². The first-order valence-corrected chi connectivity index (χ1v) is 8.24. The average molecular weight is 296 g/mol. The van der Waals surface area contributed by atoms with Crippen LogP contribution in [-0.2, 0) is 0 Å². The number of amides is 2. The van der Waals surface area contributed by atoms with E-state index in [4.69, 9.17) is 0 Å². The van der Waals surface area contributed by atoms with E-state index in [1.165, 1.54) is 37.1 Å². The normalized spacial score (nSPS) is 19.8. The Morgan fingerprint density at radius 3 is 3.10 bits per heavy atom. The third kappa shape index (κ3) is 4.76. The van der Waals surface area contributed by atoms with Crippen molar-refractivity contribution in [2.75, 3.05) is 25.0 Å². The number of carbonyl (C=O) groups is 1. The number of carbonyl (C=O) groups excluding carboxylic acids is 1. The van der Waals surface area contributed by atoms with Crippen LogP contribution in [-0.4, -0.2) is 41.6 Å². The fourth-order valence-electron chi connectivity index (χ4n) is 2.53. The molecule has 0 radical (unpaired) electrons. The van der Waals surface area contributed by atoms with Crippen LogP contribution in [0, 0.1) is 6.92 Å². The van der Waals surface area contributed by atoms with Gasteiger partial charge in [0.05, 0.1) is 5.69 Å². The molecular formula is C14H24N4OS. The number of anilines is 1. The summed E-state index contributed by atoms with van der Waals surface area (Å²) in [6, 6.07) is 0.530. The highest BCUT2D eigenvalue weighted by atomic mass is 32.1. The zero-order chi connectivity index (χ0) is 14.4. The van der Waals surface area contributed by atoms with Gasteiger partial charge in [-0.05, 0) is 39.7 Å². The Balaban J connectivity index is 1.59. The molecule has 2 heterocycles. The Kier molecular flexibility index (Phi) is 5.79. The fourth-order valence-corrected chi connectivity index (χ4v) is 3.21. The van der Waals surface area contributed by atoms with Gasteiger partial charge in [0, 0.05) is 24.5 Å². The summed E-state index contributed by atoms with van der Waals surface area (Å²) in [7, 11) is 0. The van der Waals surface area contributed by atoms with Gasteiger partial charge in [0.2, 0.25) is 0 Å². The summed E-state index contributed by atoms with van der Waals surface area (Å²) in [6.45, 7) is 7.19. The molecule has 0 aromatic carbocycles. The predicted molar refractivity (Wildman–Crippen MR) is 83.4 cm³/mol. The molecule has 0 bridgehead atoms. The first-order chi connectivity index (χ1) is 9.65. The van der Waals surface area contributed by atoms with Gasteiger partial charge in [-0.25, -0.2) is 9.78 Å². The lowest BCUT2D eigenvalue weighted by molar-refractivity contribution is 0.159. The number of hydrogen-bond acceptors (Lipinski definition) is 4. The number of aryl methyl sites for hydroxylation is 1. The summed E-state index contributed by atoms with van der Waals surface area (Å²) in [5.41, 5.74) is 0.935. The summed E-state index contributed by atoms with van der Waals surface area (Å²) >= 11 is 1.45. The van der Waals surface area contributed by atoms with Crippen molar-refractivity contribution in [2.24, 2.45) is 0 Å². The molecule has 6 heteroatoms. The number of nitrogens with zero attached hydrogens (tertiary/aromatic N) is 2. The molecule has 0 aliphatic carbocycles. The summed E-state index contributed by atoms with van der Waals surface area (Å²) in [6.07, 6.45) is 4.96. The number of hydrogen-bond donors (Lipinski definition) is 2. The molecule has 20 heavy (non-hydrogen) atoms. The SMILES string of the molecule is Cc1csc(NC(=O)NCCCN2CCCCC2C)n1. The molecule has 1 unspecified atom stereocenters. The van der Waals surface area contributed by atoms with E-state index in [0.717, 1.165) is 18.7 Å². The van der Waals surface area contributed by atoms with Crippen LogP contribution in [0.5, 0.6) is 0 Å². The lowest BCUT2D eigenvalue weighted by atomic mass is 10.0. The number of likely N-dealkylation sites (tertiary alicyclic amines) is 1. The lowest BCUT2D eigenvalue weighted by Crippen LogP contribution is -2.39. The summed E-state index contributed by atoms with van der Waals surface area (Å²) in [5.74, 6) is 0. The maximum atomic E-state index is 11.7. The predicted octanol–water partition coefficient (Wildman–Crippen LogP) is 2.84. The molecule has 1 aliphatic heterocycles. The zero-order valence-corrected chi connectivity index (χ0v) is 13.1. The topological polar surface area (TPSA) is 57.3 Å². The Morgan fingerprint density at radius 1 is 1.55 bits per heavy atom. The minimum absolute atomic E-state index is 0.161. The molecule has 1 aromatic heterocycles. The number of nitrogens with one attached hydrogen (secondary N) is 2. The van der Waals surface area contributed by atoms with Gasteiger partial charge >= 0.3 is 6.03 Å². The molecule has 1 aliphatic rings. The molecule has 112 valence electrons. The summed E-state index contributed by atoms with van der Waals surface area (Å²) in [5, 5.41) is 8.22. The monoisotopic (exact) mass is 296 g/mol. The second-order valence-corrected chi connectivity index (χ2v) is 6.27. The van der Waals surface area contributed by atoms with Gasteiger partial charge in [0.1, 0.15) is 0 Å². The molecule has 2 N–H and O–H groups in total. The smallest absolute Gasteiger partial charge is 0.321 e. The van der Waals surface area contributed by atoms with E-state index in [0.29, 0.717) is 17.7 Å². The van der Waals surface area contributed by atoms with Crippen molar-refractivity contribution in [1.82, 2.24) is 15.2 Å². The van der Waals surface area contributed by atoms with E-state index in [1.807, 2.05) is 12.3 Å². The van der Waals surface area contributed by atoms with E-state index < -0.39 is 0 Å². The van der Waals surface area contributed by atoms with Crippen LogP contribution >= 0.6 is 11.3 Å². The Hall–Kier alpha value is -1.14. The maximum absolute atomic E-state index is 11.7. The number of piperidine rings is 1. The summed E-state index contributed by atoms with van der Waals surface area (Å²) < 4.78 is 0. The van der Waals surface area contributed by atoms with Gasteiger partial charge in [-0.3, -0.25) is 5.32 Å². The molecule has 2 amide bonds. The van der Waals surface area contributed by atoms with E-state index in [2.05, 4.69) is 27.4 Å². The number of rotatable bonds is 5. The van der Waals surface area contributed by atoms with Gasteiger partial charge in [0.15, 0.2) is 5.13 Å². The van der Waals surface area contributed by atoms with Crippen molar-refractivity contribution in [3.8, 4) is 0 Å². The van der Waals surface area contributed by atoms with Crippen LogP contribution in [0.2, 0.25) is 0 Å². The van der Waals surface area contributed by atoms with Gasteiger partial charge < -0.3 is 10.2 Å². The van der Waals surface area contributed by atoms with E-state index in [9.17, 15) is 4.79 Å². The second kappa shape index (κ2) is 7.59. The van der Waals surface area contributed by atoms with Crippen molar-refractivity contribution in [3.63, 3.8) is 0 Å².